The average molecular weight is 295 g/mol. The molecule has 0 aliphatic carbocycles. The van der Waals surface area contributed by atoms with E-state index in [9.17, 15) is 4.79 Å². The van der Waals surface area contributed by atoms with Crippen LogP contribution in [0.2, 0.25) is 0 Å². The van der Waals surface area contributed by atoms with Crippen LogP contribution >= 0.6 is 0 Å². The Morgan fingerprint density at radius 1 is 1.05 bits per heavy atom. The molecule has 2 rings (SSSR count). The van der Waals surface area contributed by atoms with Gasteiger partial charge in [-0.05, 0) is 11.6 Å². The largest absolute Gasteiger partial charge is 0.464 e. The monoisotopic (exact) mass is 295 g/mol. The second kappa shape index (κ2) is 7.69. The van der Waals surface area contributed by atoms with E-state index in [0.717, 1.165) is 11.1 Å². The quantitative estimate of drug-likeness (QED) is 0.384. The van der Waals surface area contributed by atoms with Crippen molar-refractivity contribution in [2.45, 2.75) is 0 Å². The molecule has 1 N–H and O–H groups in total. The molecule has 0 heterocycles. The van der Waals surface area contributed by atoms with Crippen molar-refractivity contribution < 1.29 is 14.4 Å². The van der Waals surface area contributed by atoms with Crippen molar-refractivity contribution in [3.8, 4) is 5.75 Å². The third-order valence-electron chi connectivity index (χ3n) is 2.89. The van der Waals surface area contributed by atoms with E-state index in [0.29, 0.717) is 5.75 Å². The van der Waals surface area contributed by atoms with Crippen molar-refractivity contribution in [1.29, 1.82) is 0 Å². The Morgan fingerprint density at radius 2 is 1.73 bits per heavy atom. The first-order valence-corrected chi connectivity index (χ1v) is 6.73. The van der Waals surface area contributed by atoms with E-state index in [1.165, 1.54) is 7.11 Å². The minimum absolute atomic E-state index is 0.0318. The lowest BCUT2D eigenvalue weighted by Crippen LogP contribution is -2.24. The zero-order valence-electron chi connectivity index (χ0n) is 12.3. The van der Waals surface area contributed by atoms with Crippen LogP contribution in [0.25, 0.3) is 12.2 Å². The Morgan fingerprint density at radius 3 is 2.45 bits per heavy atom. The minimum Gasteiger partial charge on any atom is -0.464 e. The first-order valence-electron chi connectivity index (χ1n) is 6.73. The van der Waals surface area contributed by atoms with Gasteiger partial charge in [0, 0.05) is 5.56 Å². The summed E-state index contributed by atoms with van der Waals surface area (Å²) in [5, 5.41) is 0. The van der Waals surface area contributed by atoms with E-state index in [4.69, 9.17) is 4.84 Å². The zero-order valence-corrected chi connectivity index (χ0v) is 12.3. The van der Waals surface area contributed by atoms with Crippen LogP contribution in [0.1, 0.15) is 11.1 Å². The fourth-order valence-corrected chi connectivity index (χ4v) is 1.74. The smallest absolute Gasteiger partial charge is 0.356 e. The molecule has 2 aromatic rings. The molecule has 0 amide bonds. The topological polar surface area (TPSA) is 47.6 Å². The van der Waals surface area contributed by atoms with Gasteiger partial charge >= 0.3 is 5.97 Å². The molecule has 0 aromatic heterocycles. The van der Waals surface area contributed by atoms with Crippen LogP contribution in [-0.4, -0.2) is 13.1 Å². The summed E-state index contributed by atoms with van der Waals surface area (Å²) in [4.78, 5) is 16.7. The van der Waals surface area contributed by atoms with Crippen molar-refractivity contribution >= 4 is 18.1 Å². The number of hydrogen-bond acceptors (Lipinski definition) is 4. The molecule has 4 nitrogen and oxygen atoms in total. The van der Waals surface area contributed by atoms with Gasteiger partial charge in [0.2, 0.25) is 0 Å². The van der Waals surface area contributed by atoms with E-state index in [2.05, 4.69) is 16.8 Å². The number of carbonyl (C=O) groups excluding carboxylic acids is 1. The lowest BCUT2D eigenvalue weighted by Gasteiger charge is -2.11. The molecule has 2 aromatic carbocycles. The Hall–Kier alpha value is -3.01. The van der Waals surface area contributed by atoms with Gasteiger partial charge in [0.05, 0.1) is 7.11 Å². The SMILES string of the molecule is C=C(NOc1ccccc1C=Cc1ccccc1)C(=O)OC. The highest BCUT2D eigenvalue weighted by Gasteiger charge is 2.07. The molecule has 0 fully saturated rings. The number of hydroxylamine groups is 1. The Labute approximate surface area is 129 Å². The average Bonchev–Trinajstić information content (AvgIpc) is 2.58. The number of ether oxygens (including phenoxy) is 1. The molecule has 22 heavy (non-hydrogen) atoms. The van der Waals surface area contributed by atoms with E-state index in [1.54, 1.807) is 6.07 Å². The summed E-state index contributed by atoms with van der Waals surface area (Å²) in [5.74, 6) is 0.0112. The fraction of sp³-hybridized carbons (Fsp3) is 0.0556. The molecular formula is C18H17NO3. The summed E-state index contributed by atoms with van der Waals surface area (Å²) in [6, 6.07) is 17.4. The van der Waals surface area contributed by atoms with Crippen LogP contribution < -0.4 is 10.3 Å². The number of para-hydroxylation sites is 1. The Balaban J connectivity index is 2.08. The predicted octanol–water partition coefficient (Wildman–Crippen LogP) is 3.43. The van der Waals surface area contributed by atoms with Crippen molar-refractivity contribution in [2.24, 2.45) is 0 Å². The number of nitrogens with one attached hydrogen (secondary N) is 1. The van der Waals surface area contributed by atoms with Crippen molar-refractivity contribution in [3.63, 3.8) is 0 Å². The lowest BCUT2D eigenvalue weighted by molar-refractivity contribution is -0.137. The number of esters is 1. The molecule has 0 spiro atoms. The van der Waals surface area contributed by atoms with Gasteiger partial charge in [-0.2, -0.15) is 0 Å². The summed E-state index contributed by atoms with van der Waals surface area (Å²) >= 11 is 0. The number of methoxy groups -OCH3 is 1. The molecule has 0 saturated heterocycles. The molecule has 0 aliphatic rings. The second-order valence-electron chi connectivity index (χ2n) is 4.46. The standard InChI is InChI=1S/C18H17NO3/c1-14(18(20)21-2)19-22-17-11-7-6-10-16(17)13-12-15-8-4-3-5-9-15/h3-13,19H,1H2,2H3. The maximum Gasteiger partial charge on any atom is 0.356 e. The van der Waals surface area contributed by atoms with Gasteiger partial charge in [0.25, 0.3) is 0 Å². The molecule has 0 aliphatic heterocycles. The molecular weight excluding hydrogens is 278 g/mol. The van der Waals surface area contributed by atoms with E-state index < -0.39 is 5.97 Å². The van der Waals surface area contributed by atoms with Crippen LogP contribution in [0.4, 0.5) is 0 Å². The van der Waals surface area contributed by atoms with E-state index >= 15 is 0 Å². The van der Waals surface area contributed by atoms with Gasteiger partial charge in [-0.15, -0.1) is 0 Å². The number of hydrogen-bond donors (Lipinski definition) is 1. The van der Waals surface area contributed by atoms with E-state index in [1.807, 2.05) is 60.7 Å². The summed E-state index contributed by atoms with van der Waals surface area (Å²) in [5.41, 5.74) is 4.48. The fourth-order valence-electron chi connectivity index (χ4n) is 1.74. The van der Waals surface area contributed by atoms with Gasteiger partial charge in [-0.1, -0.05) is 67.3 Å². The van der Waals surface area contributed by atoms with Crippen LogP contribution in [0, 0.1) is 0 Å². The molecule has 0 bridgehead atoms. The van der Waals surface area contributed by atoms with Crippen molar-refractivity contribution in [1.82, 2.24) is 5.48 Å². The number of benzene rings is 2. The summed E-state index contributed by atoms with van der Waals surface area (Å²) in [6.07, 6.45) is 3.92. The Bertz CT molecular complexity index is 678. The van der Waals surface area contributed by atoms with Crippen molar-refractivity contribution in [3.05, 3.63) is 78.0 Å². The predicted molar refractivity (Wildman–Crippen MR) is 86.7 cm³/mol. The second-order valence-corrected chi connectivity index (χ2v) is 4.46. The molecule has 0 radical (unpaired) electrons. The Kier molecular flexibility index (Phi) is 5.37. The van der Waals surface area contributed by atoms with Gasteiger partial charge in [0.1, 0.15) is 5.70 Å². The minimum atomic E-state index is -0.572. The number of carbonyl (C=O) groups is 1. The van der Waals surface area contributed by atoms with Crippen LogP contribution in [0.15, 0.2) is 66.9 Å². The molecule has 0 atom stereocenters. The first kappa shape index (κ1) is 15.4. The van der Waals surface area contributed by atoms with Gasteiger partial charge in [-0.3, -0.25) is 0 Å². The van der Waals surface area contributed by atoms with Crippen LogP contribution in [0.5, 0.6) is 5.75 Å². The third kappa shape index (κ3) is 4.24. The molecule has 0 unspecified atom stereocenters. The van der Waals surface area contributed by atoms with Gasteiger partial charge < -0.3 is 9.57 Å². The van der Waals surface area contributed by atoms with Gasteiger partial charge in [-0.25, -0.2) is 10.3 Å². The highest BCUT2D eigenvalue weighted by molar-refractivity contribution is 5.86. The third-order valence-corrected chi connectivity index (χ3v) is 2.89. The van der Waals surface area contributed by atoms with Crippen molar-refractivity contribution in [2.75, 3.05) is 7.11 Å². The van der Waals surface area contributed by atoms with Crippen LogP contribution in [0.3, 0.4) is 0 Å². The summed E-state index contributed by atoms with van der Waals surface area (Å²) in [6.45, 7) is 3.54. The zero-order chi connectivity index (χ0) is 15.8. The molecule has 112 valence electrons. The number of rotatable bonds is 6. The van der Waals surface area contributed by atoms with E-state index in [-0.39, 0.29) is 5.70 Å². The highest BCUT2D eigenvalue weighted by Crippen LogP contribution is 2.20. The summed E-state index contributed by atoms with van der Waals surface area (Å²) < 4.78 is 4.54. The molecule has 0 saturated carbocycles. The summed E-state index contributed by atoms with van der Waals surface area (Å²) in [7, 11) is 1.28. The lowest BCUT2D eigenvalue weighted by atomic mass is 10.1. The maximum atomic E-state index is 11.3. The van der Waals surface area contributed by atoms with Gasteiger partial charge in [0.15, 0.2) is 5.75 Å². The first-order chi connectivity index (χ1) is 10.7. The maximum absolute atomic E-state index is 11.3. The van der Waals surface area contributed by atoms with Crippen LogP contribution in [-0.2, 0) is 9.53 Å². The molecule has 4 heteroatoms. The highest BCUT2D eigenvalue weighted by atomic mass is 16.7. The normalized spacial score (nSPS) is 10.2.